The quantitative estimate of drug-likeness (QED) is 0.381. The Bertz CT molecular complexity index is 674. The summed E-state index contributed by atoms with van der Waals surface area (Å²) >= 11 is 0. The molecule has 1 aliphatic heterocycles. The Balaban J connectivity index is 0.00000243. The van der Waals surface area contributed by atoms with Gasteiger partial charge in [0.2, 0.25) is 0 Å². The van der Waals surface area contributed by atoms with E-state index in [0.717, 1.165) is 60.7 Å². The Morgan fingerprint density at radius 2 is 2.12 bits per heavy atom. The van der Waals surface area contributed by atoms with Crippen LogP contribution in [0.4, 0.5) is 0 Å². The number of nitrogens with zero attached hydrogens (tertiary/aromatic N) is 3. The molecule has 0 aliphatic carbocycles. The number of benzene rings is 1. The molecule has 1 atom stereocenters. The first kappa shape index (κ1) is 21.0. The van der Waals surface area contributed by atoms with Crippen LogP contribution in [-0.2, 0) is 6.42 Å². The van der Waals surface area contributed by atoms with E-state index in [4.69, 9.17) is 0 Å². The standard InChI is InChI=1S/C20H31N5.HI/c1-4-15(5-2)16-11-13-25(14-16)20(21-3)22-12-10-19-23-17-8-6-7-9-18(17)24-19;/h6-9,15-16H,4-5,10-14H2,1-3H3,(H,21,22)(H,23,24);1H. The minimum atomic E-state index is 0. The molecule has 1 fully saturated rings. The molecular weight excluding hydrogens is 437 g/mol. The van der Waals surface area contributed by atoms with Crippen LogP contribution < -0.4 is 5.32 Å². The molecule has 2 N–H and O–H groups in total. The van der Waals surface area contributed by atoms with Crippen molar-refractivity contribution in [1.82, 2.24) is 20.2 Å². The van der Waals surface area contributed by atoms with Crippen LogP contribution in [0.15, 0.2) is 29.3 Å². The molecule has 0 spiro atoms. The van der Waals surface area contributed by atoms with Crippen LogP contribution in [0.3, 0.4) is 0 Å². The molecule has 1 saturated heterocycles. The van der Waals surface area contributed by atoms with Gasteiger partial charge in [0.15, 0.2) is 5.96 Å². The van der Waals surface area contributed by atoms with Gasteiger partial charge in [-0.2, -0.15) is 0 Å². The highest BCUT2D eigenvalue weighted by molar-refractivity contribution is 14.0. The average molecular weight is 469 g/mol. The average Bonchev–Trinajstić information content (AvgIpc) is 3.26. The summed E-state index contributed by atoms with van der Waals surface area (Å²) in [6, 6.07) is 8.18. The molecule has 1 aliphatic rings. The van der Waals surface area contributed by atoms with Gasteiger partial charge in [0.25, 0.3) is 0 Å². The second-order valence-corrected chi connectivity index (χ2v) is 7.00. The number of imidazole rings is 1. The van der Waals surface area contributed by atoms with E-state index in [9.17, 15) is 0 Å². The SMILES string of the molecule is CCC(CC)C1CCN(C(=NC)NCCc2nc3ccccc3[nH]2)C1.I. The van der Waals surface area contributed by atoms with Crippen molar-refractivity contribution in [3.05, 3.63) is 30.1 Å². The zero-order valence-corrected chi connectivity index (χ0v) is 18.5. The van der Waals surface area contributed by atoms with Crippen molar-refractivity contribution in [1.29, 1.82) is 0 Å². The molecular formula is C20H32IN5. The number of hydrogen-bond donors (Lipinski definition) is 2. The lowest BCUT2D eigenvalue weighted by atomic mass is 9.87. The first-order valence-corrected chi connectivity index (χ1v) is 9.64. The summed E-state index contributed by atoms with van der Waals surface area (Å²) in [6.07, 6.45) is 4.73. The molecule has 144 valence electrons. The summed E-state index contributed by atoms with van der Waals surface area (Å²) < 4.78 is 0. The molecule has 0 radical (unpaired) electrons. The predicted octanol–water partition coefficient (Wildman–Crippen LogP) is 4.06. The normalized spacial score (nSPS) is 17.8. The summed E-state index contributed by atoms with van der Waals surface area (Å²) in [5.74, 6) is 3.72. The fraction of sp³-hybridized carbons (Fsp3) is 0.600. The third-order valence-electron chi connectivity index (χ3n) is 5.53. The number of guanidine groups is 1. The van der Waals surface area contributed by atoms with Gasteiger partial charge in [0.1, 0.15) is 5.82 Å². The summed E-state index contributed by atoms with van der Waals surface area (Å²) in [6.45, 7) is 7.73. The van der Waals surface area contributed by atoms with Gasteiger partial charge in [-0.25, -0.2) is 4.98 Å². The predicted molar refractivity (Wildman–Crippen MR) is 120 cm³/mol. The molecule has 0 bridgehead atoms. The molecule has 1 aromatic heterocycles. The number of nitrogens with one attached hydrogen (secondary N) is 2. The molecule has 3 rings (SSSR count). The van der Waals surface area contributed by atoms with Crippen LogP contribution in [0.1, 0.15) is 38.9 Å². The molecule has 2 aromatic rings. The number of H-pyrrole nitrogens is 1. The summed E-state index contributed by atoms with van der Waals surface area (Å²) in [4.78, 5) is 14.9. The number of aliphatic imine (C=N–C) groups is 1. The Labute approximate surface area is 174 Å². The molecule has 6 heteroatoms. The Hall–Kier alpha value is -1.31. The van der Waals surface area contributed by atoms with Crippen LogP contribution in [0.25, 0.3) is 11.0 Å². The number of likely N-dealkylation sites (tertiary alicyclic amines) is 1. The Kier molecular flexibility index (Phi) is 8.18. The van der Waals surface area contributed by atoms with Gasteiger partial charge in [-0.05, 0) is 30.4 Å². The van der Waals surface area contributed by atoms with Crippen molar-refractivity contribution in [2.45, 2.75) is 39.5 Å². The van der Waals surface area contributed by atoms with Gasteiger partial charge in [-0.3, -0.25) is 4.99 Å². The van der Waals surface area contributed by atoms with Crippen LogP contribution >= 0.6 is 24.0 Å². The van der Waals surface area contributed by atoms with E-state index in [1.54, 1.807) is 0 Å². The third kappa shape index (κ3) is 4.90. The monoisotopic (exact) mass is 469 g/mol. The van der Waals surface area contributed by atoms with Gasteiger partial charge in [-0.1, -0.05) is 38.8 Å². The van der Waals surface area contributed by atoms with Crippen molar-refractivity contribution < 1.29 is 0 Å². The maximum absolute atomic E-state index is 4.64. The number of rotatable bonds is 6. The van der Waals surface area contributed by atoms with E-state index in [-0.39, 0.29) is 24.0 Å². The maximum Gasteiger partial charge on any atom is 0.193 e. The van der Waals surface area contributed by atoms with Crippen molar-refractivity contribution in [3.63, 3.8) is 0 Å². The van der Waals surface area contributed by atoms with Crippen molar-refractivity contribution >= 4 is 41.0 Å². The fourth-order valence-corrected chi connectivity index (χ4v) is 4.07. The van der Waals surface area contributed by atoms with E-state index < -0.39 is 0 Å². The minimum absolute atomic E-state index is 0. The summed E-state index contributed by atoms with van der Waals surface area (Å²) in [7, 11) is 1.88. The topological polar surface area (TPSA) is 56.3 Å². The van der Waals surface area contributed by atoms with Gasteiger partial charge < -0.3 is 15.2 Å². The number of halogens is 1. The second kappa shape index (κ2) is 10.1. The maximum atomic E-state index is 4.64. The lowest BCUT2D eigenvalue weighted by Gasteiger charge is -2.24. The van der Waals surface area contributed by atoms with Crippen molar-refractivity contribution in [2.75, 3.05) is 26.7 Å². The van der Waals surface area contributed by atoms with E-state index in [2.05, 4.69) is 45.1 Å². The Morgan fingerprint density at radius 3 is 2.81 bits per heavy atom. The second-order valence-electron chi connectivity index (χ2n) is 7.00. The molecule has 1 aromatic carbocycles. The van der Waals surface area contributed by atoms with E-state index in [1.807, 2.05) is 25.2 Å². The number of aromatic amines is 1. The van der Waals surface area contributed by atoms with Crippen LogP contribution in [0.2, 0.25) is 0 Å². The van der Waals surface area contributed by atoms with Gasteiger partial charge in [0.05, 0.1) is 11.0 Å². The molecule has 2 heterocycles. The van der Waals surface area contributed by atoms with E-state index >= 15 is 0 Å². The first-order chi connectivity index (χ1) is 12.2. The summed E-state index contributed by atoms with van der Waals surface area (Å²) in [5.41, 5.74) is 2.14. The smallest absolute Gasteiger partial charge is 0.193 e. The van der Waals surface area contributed by atoms with Gasteiger partial charge in [0, 0.05) is 33.1 Å². The molecule has 0 amide bonds. The number of fused-ring (bicyclic) bond motifs is 1. The van der Waals surface area contributed by atoms with Crippen LogP contribution in [0, 0.1) is 11.8 Å². The zero-order valence-electron chi connectivity index (χ0n) is 16.2. The number of aromatic nitrogens is 2. The largest absolute Gasteiger partial charge is 0.356 e. The third-order valence-corrected chi connectivity index (χ3v) is 5.53. The van der Waals surface area contributed by atoms with Crippen LogP contribution in [-0.4, -0.2) is 47.5 Å². The summed E-state index contributed by atoms with van der Waals surface area (Å²) in [5, 5.41) is 3.52. The molecule has 5 nitrogen and oxygen atoms in total. The highest BCUT2D eigenvalue weighted by Gasteiger charge is 2.29. The lowest BCUT2D eigenvalue weighted by molar-refractivity contribution is 0.319. The molecule has 26 heavy (non-hydrogen) atoms. The van der Waals surface area contributed by atoms with Gasteiger partial charge >= 0.3 is 0 Å². The molecule has 0 saturated carbocycles. The zero-order chi connectivity index (χ0) is 17.6. The van der Waals surface area contributed by atoms with Crippen molar-refractivity contribution in [3.8, 4) is 0 Å². The number of hydrogen-bond acceptors (Lipinski definition) is 2. The van der Waals surface area contributed by atoms with E-state index in [1.165, 1.54) is 19.3 Å². The lowest BCUT2D eigenvalue weighted by Crippen LogP contribution is -2.41. The minimum Gasteiger partial charge on any atom is -0.356 e. The van der Waals surface area contributed by atoms with Gasteiger partial charge in [-0.15, -0.1) is 24.0 Å². The molecule has 1 unspecified atom stereocenters. The first-order valence-electron chi connectivity index (χ1n) is 9.64. The van der Waals surface area contributed by atoms with Crippen molar-refractivity contribution in [2.24, 2.45) is 16.8 Å². The Morgan fingerprint density at radius 1 is 1.35 bits per heavy atom. The highest BCUT2D eigenvalue weighted by Crippen LogP contribution is 2.28. The highest BCUT2D eigenvalue weighted by atomic mass is 127. The van der Waals surface area contributed by atoms with Crippen LogP contribution in [0.5, 0.6) is 0 Å². The van der Waals surface area contributed by atoms with E-state index in [0.29, 0.717) is 0 Å². The number of para-hydroxylation sites is 2. The fourth-order valence-electron chi connectivity index (χ4n) is 4.07.